The van der Waals surface area contributed by atoms with Crippen molar-refractivity contribution in [1.82, 2.24) is 9.97 Å². The predicted molar refractivity (Wildman–Crippen MR) is 93.5 cm³/mol. The van der Waals surface area contributed by atoms with E-state index in [1.54, 1.807) is 17.8 Å². The topological polar surface area (TPSA) is 25.8 Å². The number of aromatic nitrogens is 2. The van der Waals surface area contributed by atoms with Gasteiger partial charge in [-0.2, -0.15) is 11.8 Å². The van der Waals surface area contributed by atoms with Crippen molar-refractivity contribution in [3.63, 3.8) is 0 Å². The van der Waals surface area contributed by atoms with E-state index >= 15 is 0 Å². The summed E-state index contributed by atoms with van der Waals surface area (Å²) >= 11 is 20.5. The van der Waals surface area contributed by atoms with Crippen LogP contribution >= 0.6 is 46.6 Å². The lowest BCUT2D eigenvalue weighted by Gasteiger charge is -2.11. The number of halogens is 3. The third-order valence-corrected chi connectivity index (χ3v) is 5.29. The van der Waals surface area contributed by atoms with E-state index < -0.39 is 0 Å². The summed E-state index contributed by atoms with van der Waals surface area (Å²) in [7, 11) is 0. The molecule has 0 aliphatic rings. The molecule has 2 nitrogen and oxygen atoms in total. The van der Waals surface area contributed by atoms with Gasteiger partial charge in [-0.3, -0.25) is 0 Å². The molecular weight excluding hydrogens is 347 g/mol. The molecule has 112 valence electrons. The average molecular weight is 362 g/mol. The number of hydrogen-bond donors (Lipinski definition) is 0. The summed E-state index contributed by atoms with van der Waals surface area (Å²) < 4.78 is 0. The smallest absolute Gasteiger partial charge is 0.142 e. The zero-order valence-electron chi connectivity index (χ0n) is 11.7. The van der Waals surface area contributed by atoms with Crippen LogP contribution in [0.4, 0.5) is 0 Å². The first-order valence-electron chi connectivity index (χ1n) is 6.61. The molecule has 0 aliphatic carbocycles. The van der Waals surface area contributed by atoms with Crippen molar-refractivity contribution >= 4 is 46.6 Å². The summed E-state index contributed by atoms with van der Waals surface area (Å²) in [4.78, 5) is 8.70. The van der Waals surface area contributed by atoms with E-state index in [0.717, 1.165) is 12.0 Å². The molecule has 1 atom stereocenters. The molecule has 0 saturated heterocycles. The van der Waals surface area contributed by atoms with Gasteiger partial charge in [-0.05, 0) is 12.5 Å². The minimum absolute atomic E-state index is 0.336. The van der Waals surface area contributed by atoms with Crippen LogP contribution in [0.25, 0.3) is 11.1 Å². The first-order valence-corrected chi connectivity index (χ1v) is 8.79. The Morgan fingerprint density at radius 2 is 1.71 bits per heavy atom. The first kappa shape index (κ1) is 16.9. The highest BCUT2D eigenvalue weighted by atomic mass is 35.5. The van der Waals surface area contributed by atoms with Crippen molar-refractivity contribution in [2.24, 2.45) is 0 Å². The van der Waals surface area contributed by atoms with E-state index in [1.807, 2.05) is 18.2 Å². The largest absolute Gasteiger partial charge is 0.220 e. The molecule has 0 spiro atoms. The van der Waals surface area contributed by atoms with E-state index in [-0.39, 0.29) is 0 Å². The van der Waals surface area contributed by atoms with E-state index in [2.05, 4.69) is 23.8 Å². The van der Waals surface area contributed by atoms with Gasteiger partial charge < -0.3 is 0 Å². The third-order valence-electron chi connectivity index (χ3n) is 3.08. The van der Waals surface area contributed by atoms with Crippen LogP contribution in [0.15, 0.2) is 24.3 Å². The second-order valence-electron chi connectivity index (χ2n) is 4.61. The van der Waals surface area contributed by atoms with Gasteiger partial charge in [-0.25, -0.2) is 9.97 Å². The molecule has 0 fully saturated rings. The molecule has 0 aliphatic heterocycles. The minimum atomic E-state index is 0.336. The van der Waals surface area contributed by atoms with Gasteiger partial charge in [0.25, 0.3) is 0 Å². The first-order chi connectivity index (χ1) is 10.0. The van der Waals surface area contributed by atoms with Crippen LogP contribution in [0.1, 0.15) is 26.1 Å². The Balaban J connectivity index is 2.32. The number of thioether (sulfide) groups is 1. The van der Waals surface area contributed by atoms with Crippen LogP contribution in [0.3, 0.4) is 0 Å². The molecule has 0 saturated carbocycles. The average Bonchev–Trinajstić information content (AvgIpc) is 2.46. The summed E-state index contributed by atoms with van der Waals surface area (Å²) in [5.41, 5.74) is 1.33. The summed E-state index contributed by atoms with van der Waals surface area (Å²) in [6.07, 6.45) is 1.10. The van der Waals surface area contributed by atoms with Crippen molar-refractivity contribution in [2.75, 3.05) is 0 Å². The fourth-order valence-electron chi connectivity index (χ4n) is 1.73. The molecule has 0 amide bonds. The SMILES string of the molecule is CCC(C)SCc1nc(Cl)c(-c2ccccc2Cl)c(Cl)n1. The molecule has 6 heteroatoms. The molecule has 0 N–H and O–H groups in total. The van der Waals surface area contributed by atoms with Gasteiger partial charge in [0.1, 0.15) is 16.1 Å². The molecule has 1 heterocycles. The molecule has 21 heavy (non-hydrogen) atoms. The van der Waals surface area contributed by atoms with Crippen molar-refractivity contribution in [1.29, 1.82) is 0 Å². The van der Waals surface area contributed by atoms with Gasteiger partial charge in [-0.15, -0.1) is 0 Å². The zero-order valence-corrected chi connectivity index (χ0v) is 14.8. The predicted octanol–water partition coefficient (Wildman–Crippen LogP) is 6.14. The highest BCUT2D eigenvalue weighted by Crippen LogP contribution is 2.36. The number of rotatable bonds is 5. The van der Waals surface area contributed by atoms with E-state index in [1.165, 1.54) is 0 Å². The lowest BCUT2D eigenvalue weighted by Crippen LogP contribution is -2.00. The lowest BCUT2D eigenvalue weighted by molar-refractivity contribution is 0.901. The lowest BCUT2D eigenvalue weighted by atomic mass is 10.1. The molecule has 1 aromatic heterocycles. The molecule has 1 aromatic carbocycles. The highest BCUT2D eigenvalue weighted by Gasteiger charge is 2.16. The Kier molecular flexibility index (Phi) is 6.18. The summed E-state index contributed by atoms with van der Waals surface area (Å²) in [5, 5.41) is 1.80. The fraction of sp³-hybridized carbons (Fsp3) is 0.333. The van der Waals surface area contributed by atoms with Gasteiger partial charge in [0.05, 0.1) is 11.3 Å². The number of nitrogens with zero attached hydrogens (tertiary/aromatic N) is 2. The van der Waals surface area contributed by atoms with Crippen LogP contribution < -0.4 is 0 Å². The maximum absolute atomic E-state index is 6.29. The highest BCUT2D eigenvalue weighted by molar-refractivity contribution is 7.99. The molecule has 2 aromatic rings. The normalized spacial score (nSPS) is 12.4. The van der Waals surface area contributed by atoms with Gasteiger partial charge in [0, 0.05) is 15.8 Å². The molecule has 0 radical (unpaired) electrons. The Morgan fingerprint density at radius 3 is 2.29 bits per heavy atom. The Bertz CT molecular complexity index is 611. The van der Waals surface area contributed by atoms with Crippen LogP contribution in [0.5, 0.6) is 0 Å². The van der Waals surface area contributed by atoms with E-state index in [0.29, 0.717) is 37.7 Å². The zero-order chi connectivity index (χ0) is 15.4. The standard InChI is InChI=1S/C15H15Cl3N2S/c1-3-9(2)21-8-12-19-14(17)13(15(18)20-12)10-6-4-5-7-11(10)16/h4-7,9H,3,8H2,1-2H3. The van der Waals surface area contributed by atoms with Crippen LogP contribution in [0.2, 0.25) is 15.3 Å². The Hall–Kier alpha value is -0.480. The third kappa shape index (κ3) is 4.26. The second kappa shape index (κ2) is 7.68. The summed E-state index contributed by atoms with van der Waals surface area (Å²) in [6, 6.07) is 7.37. The maximum atomic E-state index is 6.29. The fourth-order valence-corrected chi connectivity index (χ4v) is 3.39. The Morgan fingerprint density at radius 1 is 1.10 bits per heavy atom. The van der Waals surface area contributed by atoms with Crippen LogP contribution in [-0.2, 0) is 5.75 Å². The summed E-state index contributed by atoms with van der Waals surface area (Å²) in [6.45, 7) is 4.32. The molecule has 2 rings (SSSR count). The number of hydrogen-bond acceptors (Lipinski definition) is 3. The van der Waals surface area contributed by atoms with Crippen molar-refractivity contribution < 1.29 is 0 Å². The van der Waals surface area contributed by atoms with Gasteiger partial charge in [0.2, 0.25) is 0 Å². The van der Waals surface area contributed by atoms with Gasteiger partial charge >= 0.3 is 0 Å². The van der Waals surface area contributed by atoms with E-state index in [9.17, 15) is 0 Å². The quantitative estimate of drug-likeness (QED) is 0.598. The minimum Gasteiger partial charge on any atom is -0.220 e. The van der Waals surface area contributed by atoms with E-state index in [4.69, 9.17) is 34.8 Å². The second-order valence-corrected chi connectivity index (χ2v) is 7.16. The van der Waals surface area contributed by atoms with Crippen molar-refractivity contribution in [3.8, 4) is 11.1 Å². The summed E-state index contributed by atoms with van der Waals surface area (Å²) in [5.74, 6) is 1.34. The molecule has 1 unspecified atom stereocenters. The maximum Gasteiger partial charge on any atom is 0.142 e. The van der Waals surface area contributed by atoms with Gasteiger partial charge in [-0.1, -0.05) is 66.8 Å². The monoisotopic (exact) mass is 360 g/mol. The van der Waals surface area contributed by atoms with Crippen molar-refractivity contribution in [3.05, 3.63) is 45.4 Å². The Labute approximate surface area is 144 Å². The van der Waals surface area contributed by atoms with Crippen LogP contribution in [0, 0.1) is 0 Å². The van der Waals surface area contributed by atoms with Gasteiger partial charge in [0.15, 0.2) is 0 Å². The van der Waals surface area contributed by atoms with Crippen LogP contribution in [-0.4, -0.2) is 15.2 Å². The van der Waals surface area contributed by atoms with Crippen molar-refractivity contribution in [2.45, 2.75) is 31.3 Å². The molecular formula is C15H15Cl3N2S. The number of benzene rings is 1. The molecule has 0 bridgehead atoms.